The predicted molar refractivity (Wildman–Crippen MR) is 327 cm³/mol. The molecule has 0 aliphatic rings. The Hall–Kier alpha value is -8.10. The van der Waals surface area contributed by atoms with Crippen molar-refractivity contribution in [1.29, 1.82) is 0 Å². The van der Waals surface area contributed by atoms with Gasteiger partial charge < -0.3 is 134 Å². The lowest BCUT2D eigenvalue weighted by Crippen LogP contribution is -2.60. The number of carbonyl (C=O) groups excluding carboxylic acids is 5. The van der Waals surface area contributed by atoms with E-state index in [-0.39, 0.29) is 78.8 Å². The normalized spacial score (nSPS) is 11.6. The van der Waals surface area contributed by atoms with Gasteiger partial charge in [-0.1, -0.05) is 0 Å². The van der Waals surface area contributed by atoms with Crippen molar-refractivity contribution < 1.29 is 175 Å². The monoisotopic (exact) mass is 1440 g/mol. The van der Waals surface area contributed by atoms with E-state index in [0.29, 0.717) is 0 Å². The third-order valence-electron chi connectivity index (χ3n) is 12.8. The van der Waals surface area contributed by atoms with Crippen LogP contribution in [0.25, 0.3) is 0 Å². The molecule has 0 aliphatic heterocycles. The smallest absolute Gasteiger partial charge is 0.406 e. The zero-order valence-corrected chi connectivity index (χ0v) is 55.1. The molecule has 0 aromatic rings. The summed E-state index contributed by atoms with van der Waals surface area (Å²) in [6, 6.07) is 0. The molecule has 41 nitrogen and oxygen atoms in total. The Labute approximate surface area is 567 Å². The van der Waals surface area contributed by atoms with Gasteiger partial charge in [-0.25, -0.2) is 4.79 Å². The lowest BCUT2D eigenvalue weighted by atomic mass is 10.0. The summed E-state index contributed by atoms with van der Waals surface area (Å²) in [7, 11) is 1.10. The summed E-state index contributed by atoms with van der Waals surface area (Å²) in [6.45, 7) is -11.6. The quantitative estimate of drug-likeness (QED) is 0.0273. The van der Waals surface area contributed by atoms with Crippen molar-refractivity contribution >= 4 is 83.4 Å². The number of carboxylic acids is 9. The van der Waals surface area contributed by atoms with Gasteiger partial charge in [-0.2, -0.15) is 0 Å². The van der Waals surface area contributed by atoms with E-state index in [1.807, 2.05) is 0 Å². The Kier molecular flexibility index (Phi) is 49.4. The van der Waals surface area contributed by atoms with Crippen LogP contribution in [0.15, 0.2) is 0 Å². The van der Waals surface area contributed by atoms with Gasteiger partial charge >= 0.3 is 59.8 Å². The lowest BCUT2D eigenvalue weighted by molar-refractivity contribution is -0.142. The topological polar surface area (TPSA) is 601 Å². The minimum Gasteiger partial charge on any atom is -0.481 e. The summed E-state index contributed by atoms with van der Waals surface area (Å²) in [5.74, 6) is -14.4. The van der Waals surface area contributed by atoms with Gasteiger partial charge in [-0.3, -0.25) is 62.3 Å². The number of carbonyl (C=O) groups is 14. The minimum atomic E-state index is -1.89. The van der Waals surface area contributed by atoms with E-state index in [9.17, 15) is 113 Å². The lowest BCUT2D eigenvalue weighted by Gasteiger charge is -2.35. The Bertz CT molecular complexity index is 2090. The first kappa shape index (κ1) is 90.9. The molecule has 568 valence electrons. The molecule has 0 aromatic carbocycles. The second-order valence-electron chi connectivity index (χ2n) is 22.0. The van der Waals surface area contributed by atoms with Crippen molar-refractivity contribution in [2.45, 2.75) is 112 Å². The molecule has 0 unspecified atom stereocenters. The van der Waals surface area contributed by atoms with Gasteiger partial charge in [-0.15, -0.1) is 0 Å². The molecule has 0 atom stereocenters. The highest BCUT2D eigenvalue weighted by Gasteiger charge is 2.39. The van der Waals surface area contributed by atoms with Crippen molar-refractivity contribution in [3.05, 3.63) is 0 Å². The van der Waals surface area contributed by atoms with Crippen molar-refractivity contribution in [2.24, 2.45) is 0 Å². The molecule has 0 saturated heterocycles. The van der Waals surface area contributed by atoms with Crippen molar-refractivity contribution in [2.75, 3.05) is 172 Å². The average molecular weight is 1440 g/mol. The summed E-state index contributed by atoms with van der Waals surface area (Å²) in [5.41, 5.74) is -7.03. The zero-order chi connectivity index (χ0) is 74.4. The van der Waals surface area contributed by atoms with Crippen LogP contribution in [0.2, 0.25) is 0 Å². The zero-order valence-electron chi connectivity index (χ0n) is 55.1. The fraction of sp³-hybridized carbons (Fsp3) is 0.759. The standard InChI is InChI=1S/C58H95N5O36/c1-87-54(86)59-16-2-3-41(64)60-55(29-88-17-4-42(65)61-56(32-91-20-7-45(68)69,33-92-21-8-46(70)71)34-93-22-9-47(72)73,30-89-18-5-43(66)62-57(35-94-23-10-48(74)75,36-95-24-11-49(76)77)37-96-25-12-50(78)79)31-90-19-6-44(67)63-58(38-97-26-13-51(80)81,39-98-27-14-52(82)83)40-99-28-15-53(84)85/h2-40H2,1H3,(H,59,86)(H,60,64)(H,61,65)(H,62,66)(H,63,67)(H,68,69)(H,70,71)(H,72,73)(H,74,75)(H,76,77)(H,78,79)(H,80,81)(H,82,83)(H,84,85). The number of ether oxygens (including phenoxy) is 13. The molecule has 0 radical (unpaired) electrons. The van der Waals surface area contributed by atoms with Crippen molar-refractivity contribution in [3.63, 3.8) is 0 Å². The number of hydrogen-bond acceptors (Lipinski definition) is 27. The first-order valence-corrected chi connectivity index (χ1v) is 30.9. The number of carboxylic acid groups (broad SMARTS) is 9. The summed E-state index contributed by atoms with van der Waals surface area (Å²) >= 11 is 0. The molecule has 0 spiro atoms. The number of rotatable bonds is 68. The molecule has 0 bridgehead atoms. The molecule has 0 fully saturated rings. The SMILES string of the molecule is COC(=O)NCCCC(=O)NC(COCCC(=O)NC(COCCC(=O)O)(COCCC(=O)O)COCCC(=O)O)(COCCC(=O)NC(COCCC(=O)O)(COCCC(=O)O)COCCC(=O)O)COCCC(=O)NC(COCCC(=O)O)(COCCC(=O)O)COCCC(=O)O. The molecule has 5 amide bonds. The largest absolute Gasteiger partial charge is 0.481 e. The van der Waals surface area contributed by atoms with Crippen LogP contribution in [0.3, 0.4) is 0 Å². The molecule has 0 heterocycles. The van der Waals surface area contributed by atoms with Gasteiger partial charge in [0, 0.05) is 32.2 Å². The molecule has 41 heteroatoms. The number of aliphatic carboxylic acids is 9. The van der Waals surface area contributed by atoms with Crippen LogP contribution >= 0.6 is 0 Å². The maximum atomic E-state index is 14.0. The fourth-order valence-corrected chi connectivity index (χ4v) is 8.02. The second-order valence-corrected chi connectivity index (χ2v) is 22.0. The van der Waals surface area contributed by atoms with E-state index in [2.05, 4.69) is 31.3 Å². The molecule has 0 saturated carbocycles. The molecule has 0 rings (SSSR count). The van der Waals surface area contributed by atoms with Gasteiger partial charge in [0.15, 0.2) is 0 Å². The number of alkyl carbamates (subject to hydrolysis) is 1. The fourth-order valence-electron chi connectivity index (χ4n) is 8.02. The number of nitrogens with one attached hydrogen (secondary N) is 5. The van der Waals surface area contributed by atoms with Crippen LogP contribution in [0.5, 0.6) is 0 Å². The van der Waals surface area contributed by atoms with E-state index in [4.69, 9.17) is 56.8 Å². The van der Waals surface area contributed by atoms with E-state index < -0.39 is 282 Å². The summed E-state index contributed by atoms with van der Waals surface area (Å²) < 4.78 is 72.7. The third-order valence-corrected chi connectivity index (χ3v) is 12.8. The third kappa shape index (κ3) is 50.8. The van der Waals surface area contributed by atoms with Gasteiger partial charge in [0.2, 0.25) is 23.6 Å². The summed E-state index contributed by atoms with van der Waals surface area (Å²) in [5, 5.41) is 96.1. The van der Waals surface area contributed by atoms with Crippen molar-refractivity contribution in [3.8, 4) is 0 Å². The Balaban J connectivity index is 7.56. The number of amides is 5. The molecule has 0 aliphatic carbocycles. The summed E-state index contributed by atoms with van der Waals surface area (Å²) in [4.78, 5) is 169. The first-order valence-electron chi connectivity index (χ1n) is 30.9. The van der Waals surface area contributed by atoms with Gasteiger partial charge in [0.05, 0.1) is 223 Å². The average Bonchev–Trinajstić information content (AvgIpc) is 0.883. The van der Waals surface area contributed by atoms with Crippen LogP contribution in [0, 0.1) is 0 Å². The predicted octanol–water partition coefficient (Wildman–Crippen LogP) is -2.82. The Morgan fingerprint density at radius 2 is 0.394 bits per heavy atom. The summed E-state index contributed by atoms with van der Waals surface area (Å²) in [6.07, 6.45) is -7.21. The highest BCUT2D eigenvalue weighted by Crippen LogP contribution is 2.17. The van der Waals surface area contributed by atoms with Crippen LogP contribution in [0.4, 0.5) is 4.79 Å². The van der Waals surface area contributed by atoms with Crippen LogP contribution in [-0.4, -0.2) is 324 Å². The Morgan fingerprint density at radius 1 is 0.242 bits per heavy atom. The molecule has 0 aromatic heterocycles. The van der Waals surface area contributed by atoms with Crippen LogP contribution in [-0.2, 0) is 124 Å². The number of hydrogen-bond donors (Lipinski definition) is 14. The Morgan fingerprint density at radius 3 is 0.545 bits per heavy atom. The van der Waals surface area contributed by atoms with Gasteiger partial charge in [0.1, 0.15) is 22.2 Å². The highest BCUT2D eigenvalue weighted by atomic mass is 16.6. The molecular weight excluding hydrogens is 1340 g/mol. The first-order chi connectivity index (χ1) is 46.9. The maximum Gasteiger partial charge on any atom is 0.406 e. The van der Waals surface area contributed by atoms with Crippen molar-refractivity contribution in [1.82, 2.24) is 26.6 Å². The van der Waals surface area contributed by atoms with Crippen LogP contribution < -0.4 is 26.6 Å². The minimum absolute atomic E-state index is 0.00839. The molecule has 14 N–H and O–H groups in total. The second kappa shape index (κ2) is 53.8. The number of methoxy groups -OCH3 is 1. The van der Waals surface area contributed by atoms with Gasteiger partial charge in [0.25, 0.3) is 0 Å². The molecule has 99 heavy (non-hydrogen) atoms. The highest BCUT2D eigenvalue weighted by molar-refractivity contribution is 5.79. The van der Waals surface area contributed by atoms with E-state index in [0.717, 1.165) is 7.11 Å². The molecular formula is C58H95N5O36. The van der Waals surface area contributed by atoms with Gasteiger partial charge in [-0.05, 0) is 6.42 Å². The maximum absolute atomic E-state index is 14.0. The van der Waals surface area contributed by atoms with Crippen LogP contribution in [0.1, 0.15) is 89.9 Å². The van der Waals surface area contributed by atoms with E-state index in [1.165, 1.54) is 0 Å². The van der Waals surface area contributed by atoms with E-state index in [1.54, 1.807) is 0 Å². The van der Waals surface area contributed by atoms with E-state index >= 15 is 0 Å².